The maximum atomic E-state index is 11.6. The molecule has 106 valence electrons. The minimum Gasteiger partial charge on any atom is -0.349 e. The predicted octanol–water partition coefficient (Wildman–Crippen LogP) is 2.15. The molecule has 0 aliphatic heterocycles. The first-order chi connectivity index (χ1) is 7.54. The van der Waals surface area contributed by atoms with E-state index in [9.17, 15) is 4.79 Å². The van der Waals surface area contributed by atoms with Crippen LogP contribution in [0.25, 0.3) is 0 Å². The zero-order chi connectivity index (χ0) is 12.1. The molecule has 4 nitrogen and oxygen atoms in total. The first-order valence-electron chi connectivity index (χ1n) is 5.51. The molecule has 1 amide bonds. The number of amides is 1. The number of aryl methyl sites for hydroxylation is 1. The minimum absolute atomic E-state index is 0. The molecular weight excluding hydrogens is 293 g/mol. The molecule has 1 rings (SSSR count). The van der Waals surface area contributed by atoms with Gasteiger partial charge in [-0.2, -0.15) is 0 Å². The Morgan fingerprint density at radius 2 is 2.11 bits per heavy atom. The third kappa shape index (κ3) is 6.00. The summed E-state index contributed by atoms with van der Waals surface area (Å²) >= 11 is 1.64. The molecule has 7 heteroatoms. The van der Waals surface area contributed by atoms with Gasteiger partial charge in [0, 0.05) is 23.0 Å². The Bertz CT molecular complexity index is 358. The maximum Gasteiger partial charge on any atom is 0.224 e. The molecule has 0 bridgehead atoms. The zero-order valence-electron chi connectivity index (χ0n) is 10.8. The van der Waals surface area contributed by atoms with Crippen molar-refractivity contribution >= 4 is 42.1 Å². The molecule has 1 aromatic rings. The van der Waals surface area contributed by atoms with Crippen LogP contribution in [0.2, 0.25) is 0 Å². The number of nitrogens with one attached hydrogen (secondary N) is 1. The lowest BCUT2D eigenvalue weighted by atomic mass is 10.0. The fourth-order valence-corrected chi connectivity index (χ4v) is 1.96. The highest BCUT2D eigenvalue weighted by molar-refractivity contribution is 7.11. The Balaban J connectivity index is 0. The number of carbonyl (C=O) groups excluding carboxylic acids is 1. The smallest absolute Gasteiger partial charge is 0.224 e. The van der Waals surface area contributed by atoms with E-state index in [1.165, 1.54) is 4.88 Å². The lowest BCUT2D eigenvalue weighted by molar-refractivity contribution is -0.125. The second-order valence-electron chi connectivity index (χ2n) is 3.94. The molecule has 0 fully saturated rings. The van der Waals surface area contributed by atoms with Gasteiger partial charge < -0.3 is 11.1 Å². The van der Waals surface area contributed by atoms with Crippen molar-refractivity contribution in [3.8, 4) is 0 Å². The van der Waals surface area contributed by atoms with Gasteiger partial charge in [-0.25, -0.2) is 4.98 Å². The molecule has 0 saturated carbocycles. The van der Waals surface area contributed by atoms with Gasteiger partial charge in [-0.1, -0.05) is 13.8 Å². The Hall–Kier alpha value is -0.360. The van der Waals surface area contributed by atoms with Crippen molar-refractivity contribution in [2.24, 2.45) is 11.7 Å². The van der Waals surface area contributed by atoms with Gasteiger partial charge in [0.1, 0.15) is 5.01 Å². The molecule has 2 atom stereocenters. The number of thiazole rings is 1. The largest absolute Gasteiger partial charge is 0.349 e. The van der Waals surface area contributed by atoms with Crippen LogP contribution >= 0.6 is 36.2 Å². The summed E-state index contributed by atoms with van der Waals surface area (Å²) in [7, 11) is 0. The molecule has 0 saturated heterocycles. The molecular formula is C11H21Cl2N3OS. The summed E-state index contributed by atoms with van der Waals surface area (Å²) < 4.78 is 0. The number of hydrogen-bond acceptors (Lipinski definition) is 4. The highest BCUT2D eigenvalue weighted by Crippen LogP contribution is 2.13. The predicted molar refractivity (Wildman–Crippen MR) is 80.6 cm³/mol. The van der Waals surface area contributed by atoms with E-state index in [4.69, 9.17) is 5.73 Å². The van der Waals surface area contributed by atoms with Crippen LogP contribution in [0.15, 0.2) is 6.20 Å². The molecule has 1 heterocycles. The second-order valence-corrected chi connectivity index (χ2v) is 5.14. The van der Waals surface area contributed by atoms with E-state index in [1.807, 2.05) is 20.0 Å². The topological polar surface area (TPSA) is 68.0 Å². The van der Waals surface area contributed by atoms with Gasteiger partial charge >= 0.3 is 0 Å². The fraction of sp³-hybridized carbons (Fsp3) is 0.636. The van der Waals surface area contributed by atoms with Crippen LogP contribution in [-0.2, 0) is 17.8 Å². The van der Waals surface area contributed by atoms with Crippen molar-refractivity contribution in [1.82, 2.24) is 10.3 Å². The summed E-state index contributed by atoms with van der Waals surface area (Å²) in [5.41, 5.74) is 5.66. The molecule has 2 unspecified atom stereocenters. The van der Waals surface area contributed by atoms with Gasteiger partial charge in [0.2, 0.25) is 5.91 Å². The molecule has 1 aromatic heterocycles. The van der Waals surface area contributed by atoms with Crippen molar-refractivity contribution in [2.45, 2.75) is 39.8 Å². The highest BCUT2D eigenvalue weighted by Gasteiger charge is 2.16. The van der Waals surface area contributed by atoms with Gasteiger partial charge in [0.05, 0.1) is 6.54 Å². The first-order valence-corrected chi connectivity index (χ1v) is 6.33. The lowest BCUT2D eigenvalue weighted by Crippen LogP contribution is -2.38. The third-order valence-electron chi connectivity index (χ3n) is 2.57. The lowest BCUT2D eigenvalue weighted by Gasteiger charge is -2.14. The average Bonchev–Trinajstić information content (AvgIpc) is 2.72. The summed E-state index contributed by atoms with van der Waals surface area (Å²) in [6.07, 6.45) is 2.85. The van der Waals surface area contributed by atoms with E-state index in [0.717, 1.165) is 11.4 Å². The molecule has 18 heavy (non-hydrogen) atoms. The normalized spacial score (nSPS) is 12.9. The molecule has 0 aliphatic rings. The molecule has 0 aliphatic carbocycles. The van der Waals surface area contributed by atoms with E-state index < -0.39 is 0 Å². The van der Waals surface area contributed by atoms with Crippen molar-refractivity contribution < 1.29 is 4.79 Å². The maximum absolute atomic E-state index is 11.6. The Morgan fingerprint density at radius 1 is 1.50 bits per heavy atom. The van der Waals surface area contributed by atoms with E-state index in [-0.39, 0.29) is 42.7 Å². The molecule has 3 N–H and O–H groups in total. The standard InChI is InChI=1S/C11H19N3OS.2ClH/c1-4-9-5-13-10(16-9)6-14-11(15)7(2)8(3)12;;/h5,7-8H,4,6,12H2,1-3H3,(H,14,15);2*1H. The van der Waals surface area contributed by atoms with Crippen LogP contribution < -0.4 is 11.1 Å². The molecule has 0 aromatic carbocycles. The number of rotatable bonds is 5. The summed E-state index contributed by atoms with van der Waals surface area (Å²) in [6.45, 7) is 6.26. The number of carbonyl (C=O) groups is 1. The summed E-state index contributed by atoms with van der Waals surface area (Å²) in [5, 5.41) is 3.79. The Labute approximate surface area is 125 Å². The van der Waals surface area contributed by atoms with Crippen LogP contribution in [0.3, 0.4) is 0 Å². The van der Waals surface area contributed by atoms with Gasteiger partial charge in [-0.3, -0.25) is 4.79 Å². The van der Waals surface area contributed by atoms with Gasteiger partial charge in [-0.15, -0.1) is 36.2 Å². The van der Waals surface area contributed by atoms with Crippen LogP contribution in [0.1, 0.15) is 30.7 Å². The highest BCUT2D eigenvalue weighted by atomic mass is 35.5. The molecule has 0 radical (unpaired) electrons. The Morgan fingerprint density at radius 3 is 2.56 bits per heavy atom. The summed E-state index contributed by atoms with van der Waals surface area (Å²) in [5.74, 6) is -0.172. The number of halogens is 2. The fourth-order valence-electron chi connectivity index (χ4n) is 1.16. The average molecular weight is 314 g/mol. The van der Waals surface area contributed by atoms with Crippen molar-refractivity contribution in [1.29, 1.82) is 0 Å². The van der Waals surface area contributed by atoms with E-state index in [2.05, 4.69) is 17.2 Å². The third-order valence-corrected chi connectivity index (χ3v) is 3.71. The van der Waals surface area contributed by atoms with E-state index in [0.29, 0.717) is 6.54 Å². The van der Waals surface area contributed by atoms with E-state index >= 15 is 0 Å². The van der Waals surface area contributed by atoms with Gasteiger partial charge in [0.25, 0.3) is 0 Å². The zero-order valence-corrected chi connectivity index (χ0v) is 13.3. The quantitative estimate of drug-likeness (QED) is 0.875. The van der Waals surface area contributed by atoms with Crippen molar-refractivity contribution in [2.75, 3.05) is 0 Å². The summed E-state index contributed by atoms with van der Waals surface area (Å²) in [6, 6.07) is -0.123. The number of hydrogen-bond donors (Lipinski definition) is 2. The van der Waals surface area contributed by atoms with Gasteiger partial charge in [-0.05, 0) is 13.3 Å². The number of aromatic nitrogens is 1. The van der Waals surface area contributed by atoms with E-state index in [1.54, 1.807) is 11.3 Å². The minimum atomic E-state index is -0.161. The molecule has 0 spiro atoms. The monoisotopic (exact) mass is 313 g/mol. The van der Waals surface area contributed by atoms with Crippen molar-refractivity contribution in [3.05, 3.63) is 16.1 Å². The van der Waals surface area contributed by atoms with Crippen LogP contribution in [0, 0.1) is 5.92 Å². The van der Waals surface area contributed by atoms with Crippen LogP contribution in [-0.4, -0.2) is 16.9 Å². The number of nitrogens with two attached hydrogens (primary N) is 1. The SMILES string of the molecule is CCc1cnc(CNC(=O)C(C)C(C)N)s1.Cl.Cl. The van der Waals surface area contributed by atoms with Gasteiger partial charge in [0.15, 0.2) is 0 Å². The van der Waals surface area contributed by atoms with Crippen LogP contribution in [0.4, 0.5) is 0 Å². The first kappa shape index (κ1) is 20.0. The number of nitrogens with zero attached hydrogens (tertiary/aromatic N) is 1. The summed E-state index contributed by atoms with van der Waals surface area (Å²) in [4.78, 5) is 17.1. The van der Waals surface area contributed by atoms with Crippen molar-refractivity contribution in [3.63, 3.8) is 0 Å². The Kier molecular flexibility index (Phi) is 10.6. The van der Waals surface area contributed by atoms with Crippen LogP contribution in [0.5, 0.6) is 0 Å². The second kappa shape index (κ2) is 9.55.